The molecule has 1 fully saturated rings. The molecular weight excluding hydrogens is 336 g/mol. The Kier molecular flexibility index (Phi) is 4.34. The van der Waals surface area contributed by atoms with Gasteiger partial charge >= 0.3 is 0 Å². The second-order valence-corrected chi connectivity index (χ2v) is 7.47. The number of carbonyl (C=O) groups is 2. The predicted octanol–water partition coefficient (Wildman–Crippen LogP) is 3.99. The second kappa shape index (κ2) is 6.69. The van der Waals surface area contributed by atoms with Crippen LogP contribution in [0.5, 0.6) is 0 Å². The summed E-state index contributed by atoms with van der Waals surface area (Å²) in [4.78, 5) is 30.4. The Morgan fingerprint density at radius 2 is 1.52 bits per heavy atom. The first-order valence-electron chi connectivity index (χ1n) is 9.50. The first-order chi connectivity index (χ1) is 13.0. The van der Waals surface area contributed by atoms with Crippen molar-refractivity contribution in [2.24, 2.45) is 0 Å². The molecule has 0 N–H and O–H groups in total. The van der Waals surface area contributed by atoms with Gasteiger partial charge in [0.05, 0.1) is 11.3 Å². The van der Waals surface area contributed by atoms with Crippen LogP contribution in [-0.2, 0) is 9.59 Å². The first kappa shape index (κ1) is 17.5. The molecule has 4 rings (SSSR count). The lowest BCUT2D eigenvalue weighted by atomic mass is 9.97. The Hall–Kier alpha value is -2.88. The number of nitrogens with zero attached hydrogens (tertiary/aromatic N) is 2. The summed E-state index contributed by atoms with van der Waals surface area (Å²) in [5.41, 5.74) is 5.72. The van der Waals surface area contributed by atoms with E-state index in [-0.39, 0.29) is 11.8 Å². The standard InChI is InChI=1S/C23H24N2O2/c1-15-10-11-18(17(3)14-15)20-21(24-12-6-7-13-24)23(27)25(22(20)26)19-9-5-4-8-16(19)2/h4-5,8-11,14H,6-7,12-13H2,1-3H3. The number of amides is 2. The molecule has 0 radical (unpaired) electrons. The van der Waals surface area contributed by atoms with E-state index in [1.165, 1.54) is 4.90 Å². The van der Waals surface area contributed by atoms with Gasteiger partial charge in [-0.3, -0.25) is 9.59 Å². The lowest BCUT2D eigenvalue weighted by Crippen LogP contribution is -2.35. The van der Waals surface area contributed by atoms with Gasteiger partial charge in [-0.25, -0.2) is 4.90 Å². The van der Waals surface area contributed by atoms with Crippen LogP contribution in [0.2, 0.25) is 0 Å². The Morgan fingerprint density at radius 3 is 2.19 bits per heavy atom. The van der Waals surface area contributed by atoms with E-state index in [0.717, 1.165) is 48.2 Å². The Balaban J connectivity index is 1.89. The highest BCUT2D eigenvalue weighted by Crippen LogP contribution is 2.38. The van der Waals surface area contributed by atoms with Gasteiger partial charge < -0.3 is 4.90 Å². The summed E-state index contributed by atoms with van der Waals surface area (Å²) < 4.78 is 0. The molecule has 4 heteroatoms. The van der Waals surface area contributed by atoms with E-state index in [2.05, 4.69) is 11.0 Å². The van der Waals surface area contributed by atoms with Crippen LogP contribution in [-0.4, -0.2) is 29.8 Å². The van der Waals surface area contributed by atoms with E-state index in [4.69, 9.17) is 0 Å². The maximum Gasteiger partial charge on any atom is 0.282 e. The van der Waals surface area contributed by atoms with Crippen molar-refractivity contribution in [3.8, 4) is 0 Å². The minimum absolute atomic E-state index is 0.203. The van der Waals surface area contributed by atoms with Gasteiger partial charge in [0.15, 0.2) is 0 Å². The average molecular weight is 360 g/mol. The van der Waals surface area contributed by atoms with Crippen molar-refractivity contribution >= 4 is 23.1 Å². The minimum atomic E-state index is -0.219. The first-order valence-corrected chi connectivity index (χ1v) is 9.50. The summed E-state index contributed by atoms with van der Waals surface area (Å²) in [5.74, 6) is -0.422. The van der Waals surface area contributed by atoms with Gasteiger partial charge in [-0.05, 0) is 56.4 Å². The molecule has 0 bridgehead atoms. The molecule has 4 nitrogen and oxygen atoms in total. The number of likely N-dealkylation sites (tertiary alicyclic amines) is 1. The number of anilines is 1. The Bertz CT molecular complexity index is 968. The zero-order valence-electron chi connectivity index (χ0n) is 16.1. The van der Waals surface area contributed by atoms with Crippen LogP contribution >= 0.6 is 0 Å². The van der Waals surface area contributed by atoms with E-state index in [0.29, 0.717) is 17.0 Å². The van der Waals surface area contributed by atoms with E-state index >= 15 is 0 Å². The van der Waals surface area contributed by atoms with Gasteiger partial charge in [0.1, 0.15) is 5.70 Å². The summed E-state index contributed by atoms with van der Waals surface area (Å²) in [6, 6.07) is 13.6. The molecule has 0 spiro atoms. The number of imide groups is 1. The van der Waals surface area contributed by atoms with Crippen LogP contribution < -0.4 is 4.90 Å². The number of rotatable bonds is 3. The summed E-state index contributed by atoms with van der Waals surface area (Å²) in [7, 11) is 0. The highest BCUT2D eigenvalue weighted by Gasteiger charge is 2.43. The van der Waals surface area contributed by atoms with E-state index in [1.54, 1.807) is 0 Å². The van der Waals surface area contributed by atoms with Crippen molar-refractivity contribution in [1.29, 1.82) is 0 Å². The van der Waals surface area contributed by atoms with E-state index in [9.17, 15) is 9.59 Å². The summed E-state index contributed by atoms with van der Waals surface area (Å²) in [6.45, 7) is 7.62. The van der Waals surface area contributed by atoms with Gasteiger partial charge in [0, 0.05) is 13.1 Å². The van der Waals surface area contributed by atoms with Gasteiger partial charge in [-0.1, -0.05) is 42.0 Å². The van der Waals surface area contributed by atoms with Crippen LogP contribution in [0.4, 0.5) is 5.69 Å². The normalized spacial score (nSPS) is 17.4. The molecule has 0 aliphatic carbocycles. The molecular formula is C23H24N2O2. The topological polar surface area (TPSA) is 40.6 Å². The zero-order valence-corrected chi connectivity index (χ0v) is 16.1. The lowest BCUT2D eigenvalue weighted by Gasteiger charge is -2.21. The number of aryl methyl sites for hydroxylation is 3. The van der Waals surface area contributed by atoms with E-state index < -0.39 is 0 Å². The van der Waals surface area contributed by atoms with Crippen molar-refractivity contribution in [2.75, 3.05) is 18.0 Å². The molecule has 2 heterocycles. The average Bonchev–Trinajstić information content (AvgIpc) is 3.23. The molecule has 2 aliphatic heterocycles. The second-order valence-electron chi connectivity index (χ2n) is 7.47. The molecule has 2 amide bonds. The molecule has 2 aliphatic rings. The molecule has 138 valence electrons. The number of benzene rings is 2. The van der Waals surface area contributed by atoms with Crippen molar-refractivity contribution in [3.05, 3.63) is 70.4 Å². The van der Waals surface area contributed by atoms with Crippen LogP contribution in [0.1, 0.15) is 35.1 Å². The van der Waals surface area contributed by atoms with Crippen molar-refractivity contribution in [3.63, 3.8) is 0 Å². The molecule has 0 saturated carbocycles. The molecule has 0 atom stereocenters. The SMILES string of the molecule is Cc1ccc(C2=C(N3CCCC3)C(=O)N(c3ccccc3C)C2=O)c(C)c1. The third kappa shape index (κ3) is 2.85. The zero-order chi connectivity index (χ0) is 19.1. The van der Waals surface area contributed by atoms with Crippen LogP contribution in [0.3, 0.4) is 0 Å². The Labute approximate surface area is 160 Å². The third-order valence-corrected chi connectivity index (χ3v) is 5.49. The maximum atomic E-state index is 13.5. The Morgan fingerprint density at radius 1 is 0.815 bits per heavy atom. The number of para-hydroxylation sites is 1. The monoisotopic (exact) mass is 360 g/mol. The smallest absolute Gasteiger partial charge is 0.282 e. The van der Waals surface area contributed by atoms with Crippen molar-refractivity contribution in [1.82, 2.24) is 4.90 Å². The minimum Gasteiger partial charge on any atom is -0.366 e. The van der Waals surface area contributed by atoms with Crippen LogP contribution in [0.15, 0.2) is 48.2 Å². The molecule has 2 aromatic carbocycles. The molecule has 0 unspecified atom stereocenters. The summed E-state index contributed by atoms with van der Waals surface area (Å²) in [6.07, 6.45) is 2.10. The third-order valence-electron chi connectivity index (χ3n) is 5.49. The van der Waals surface area contributed by atoms with E-state index in [1.807, 2.05) is 57.2 Å². The number of hydrogen-bond donors (Lipinski definition) is 0. The quantitative estimate of drug-likeness (QED) is 0.777. The van der Waals surface area contributed by atoms with Crippen LogP contribution in [0, 0.1) is 20.8 Å². The number of hydrogen-bond acceptors (Lipinski definition) is 3. The molecule has 2 aromatic rings. The largest absolute Gasteiger partial charge is 0.366 e. The molecule has 0 aromatic heterocycles. The van der Waals surface area contributed by atoms with Crippen LogP contribution in [0.25, 0.3) is 5.57 Å². The fraction of sp³-hybridized carbons (Fsp3) is 0.304. The lowest BCUT2D eigenvalue weighted by molar-refractivity contribution is -0.120. The van der Waals surface area contributed by atoms with Gasteiger partial charge in [0.2, 0.25) is 0 Å². The van der Waals surface area contributed by atoms with Crippen molar-refractivity contribution < 1.29 is 9.59 Å². The van der Waals surface area contributed by atoms with Gasteiger partial charge in [-0.15, -0.1) is 0 Å². The summed E-state index contributed by atoms with van der Waals surface area (Å²) in [5, 5.41) is 0. The highest BCUT2D eigenvalue weighted by molar-refractivity contribution is 6.45. The highest BCUT2D eigenvalue weighted by atomic mass is 16.2. The van der Waals surface area contributed by atoms with Crippen molar-refractivity contribution in [2.45, 2.75) is 33.6 Å². The fourth-order valence-corrected chi connectivity index (χ4v) is 4.12. The fourth-order valence-electron chi connectivity index (χ4n) is 4.12. The van der Waals surface area contributed by atoms with Gasteiger partial charge in [0.25, 0.3) is 11.8 Å². The predicted molar refractivity (Wildman–Crippen MR) is 107 cm³/mol. The number of carbonyl (C=O) groups excluding carboxylic acids is 2. The maximum absolute atomic E-state index is 13.5. The summed E-state index contributed by atoms with van der Waals surface area (Å²) >= 11 is 0. The molecule has 27 heavy (non-hydrogen) atoms. The van der Waals surface area contributed by atoms with Gasteiger partial charge in [-0.2, -0.15) is 0 Å². The molecule has 1 saturated heterocycles.